The Kier molecular flexibility index (Phi) is 6.42. The van der Waals surface area contributed by atoms with Gasteiger partial charge in [0.15, 0.2) is 0 Å². The van der Waals surface area contributed by atoms with Crippen molar-refractivity contribution in [2.45, 2.75) is 6.10 Å². The first-order chi connectivity index (χ1) is 16.3. The van der Waals surface area contributed by atoms with Crippen molar-refractivity contribution in [2.24, 2.45) is 0 Å². The summed E-state index contributed by atoms with van der Waals surface area (Å²) in [6.45, 7) is 0. The van der Waals surface area contributed by atoms with Gasteiger partial charge in [0, 0.05) is 17.7 Å². The number of hydrogen-bond donors (Lipinski definition) is 2. The van der Waals surface area contributed by atoms with Crippen molar-refractivity contribution >= 4 is 45.6 Å². The number of carbonyl (C=O) groups excluding carboxylic acids is 2. The molecule has 170 valence electrons. The SMILES string of the molecule is O=C(O[C@H](C(=O)Nc1ccc([N+](=O)[O-])cc1Cl)c1ccccc1)c1cc2ccccc2cc1O. The molecule has 4 aromatic rings. The number of ether oxygens (including phenoxy) is 1. The maximum atomic E-state index is 13.1. The Balaban J connectivity index is 1.63. The van der Waals surface area contributed by atoms with Gasteiger partial charge < -0.3 is 15.2 Å². The van der Waals surface area contributed by atoms with Crippen molar-refractivity contribution in [3.8, 4) is 5.75 Å². The van der Waals surface area contributed by atoms with E-state index in [0.29, 0.717) is 10.9 Å². The Morgan fingerprint density at radius 3 is 2.24 bits per heavy atom. The van der Waals surface area contributed by atoms with Gasteiger partial charge in [-0.25, -0.2) is 4.79 Å². The molecule has 4 aromatic carbocycles. The van der Waals surface area contributed by atoms with Gasteiger partial charge in [0.1, 0.15) is 11.3 Å². The van der Waals surface area contributed by atoms with Crippen molar-refractivity contribution in [1.29, 1.82) is 0 Å². The molecule has 0 aromatic heterocycles. The molecular formula is C25H17ClN2O6. The summed E-state index contributed by atoms with van der Waals surface area (Å²) in [5, 5.41) is 25.2. The summed E-state index contributed by atoms with van der Waals surface area (Å²) in [7, 11) is 0. The molecule has 0 radical (unpaired) electrons. The summed E-state index contributed by atoms with van der Waals surface area (Å²) >= 11 is 6.09. The van der Waals surface area contributed by atoms with Crippen molar-refractivity contribution in [3.05, 3.63) is 111 Å². The molecule has 0 saturated carbocycles. The average Bonchev–Trinajstić information content (AvgIpc) is 2.83. The third-order valence-corrected chi connectivity index (χ3v) is 5.38. The predicted octanol–water partition coefficient (Wildman–Crippen LogP) is 5.64. The van der Waals surface area contributed by atoms with E-state index < -0.39 is 22.9 Å². The Hall–Kier alpha value is -4.43. The number of anilines is 1. The minimum absolute atomic E-state index is 0.0483. The second kappa shape index (κ2) is 9.60. The van der Waals surface area contributed by atoms with Crippen LogP contribution in [-0.4, -0.2) is 21.9 Å². The predicted molar refractivity (Wildman–Crippen MR) is 127 cm³/mol. The van der Waals surface area contributed by atoms with Crippen LogP contribution in [0.25, 0.3) is 10.8 Å². The highest BCUT2D eigenvalue weighted by molar-refractivity contribution is 6.34. The maximum Gasteiger partial charge on any atom is 0.343 e. The van der Waals surface area contributed by atoms with E-state index in [1.54, 1.807) is 54.6 Å². The smallest absolute Gasteiger partial charge is 0.343 e. The molecule has 8 nitrogen and oxygen atoms in total. The highest BCUT2D eigenvalue weighted by Crippen LogP contribution is 2.30. The van der Waals surface area contributed by atoms with Crippen LogP contribution in [-0.2, 0) is 9.53 Å². The number of carbonyl (C=O) groups is 2. The number of fused-ring (bicyclic) bond motifs is 1. The highest BCUT2D eigenvalue weighted by atomic mass is 35.5. The summed E-state index contributed by atoms with van der Waals surface area (Å²) < 4.78 is 5.53. The summed E-state index contributed by atoms with van der Waals surface area (Å²) in [5.41, 5.74) is 0.163. The van der Waals surface area contributed by atoms with E-state index >= 15 is 0 Å². The van der Waals surface area contributed by atoms with Gasteiger partial charge in [0.05, 0.1) is 15.6 Å². The molecule has 0 aliphatic heterocycles. The summed E-state index contributed by atoms with van der Waals surface area (Å²) in [5.74, 6) is -1.91. The number of benzene rings is 4. The van der Waals surface area contributed by atoms with Crippen LogP contribution in [0, 0.1) is 10.1 Å². The second-order valence-electron chi connectivity index (χ2n) is 7.32. The van der Waals surface area contributed by atoms with E-state index in [0.717, 1.165) is 11.5 Å². The number of nitro benzene ring substituents is 1. The monoisotopic (exact) mass is 476 g/mol. The zero-order valence-electron chi connectivity index (χ0n) is 17.5. The number of hydrogen-bond acceptors (Lipinski definition) is 6. The number of aromatic hydroxyl groups is 1. The standard InChI is InChI=1S/C25H17ClN2O6/c26-20-14-18(28(32)33)10-11-21(20)27-24(30)23(15-6-2-1-3-7-15)34-25(31)19-12-16-8-4-5-9-17(16)13-22(19)29/h1-14,23,29H,(H,27,30)/t23-/m0/s1. The number of halogens is 1. The lowest BCUT2D eigenvalue weighted by molar-refractivity contribution is -0.384. The van der Waals surface area contributed by atoms with Gasteiger partial charge in [-0.3, -0.25) is 14.9 Å². The van der Waals surface area contributed by atoms with E-state index in [9.17, 15) is 24.8 Å². The fourth-order valence-corrected chi connectivity index (χ4v) is 3.60. The second-order valence-corrected chi connectivity index (χ2v) is 7.73. The van der Waals surface area contributed by atoms with Gasteiger partial charge in [0.2, 0.25) is 6.10 Å². The number of nitro groups is 1. The molecule has 9 heteroatoms. The van der Waals surface area contributed by atoms with Crippen LogP contribution in [0.3, 0.4) is 0 Å². The molecule has 0 aliphatic carbocycles. The Morgan fingerprint density at radius 2 is 1.59 bits per heavy atom. The number of non-ortho nitro benzene ring substituents is 1. The quantitative estimate of drug-likeness (QED) is 0.211. The third kappa shape index (κ3) is 4.82. The summed E-state index contributed by atoms with van der Waals surface area (Å²) in [6, 6.07) is 22.0. The van der Waals surface area contributed by atoms with E-state index in [4.69, 9.17) is 16.3 Å². The molecule has 2 N–H and O–H groups in total. The number of nitrogens with one attached hydrogen (secondary N) is 1. The molecule has 4 rings (SSSR count). The van der Waals surface area contributed by atoms with Gasteiger partial charge in [0.25, 0.3) is 11.6 Å². The van der Waals surface area contributed by atoms with E-state index in [1.165, 1.54) is 24.3 Å². The normalized spacial score (nSPS) is 11.6. The number of phenols is 1. The number of nitrogens with zero attached hydrogens (tertiary/aromatic N) is 1. The lowest BCUT2D eigenvalue weighted by atomic mass is 10.1. The fraction of sp³-hybridized carbons (Fsp3) is 0.0400. The molecule has 0 spiro atoms. The number of amides is 1. The molecule has 0 fully saturated rings. The molecule has 1 amide bonds. The number of phenolic OH excluding ortho intramolecular Hbond substituents is 1. The average molecular weight is 477 g/mol. The Bertz CT molecular complexity index is 1410. The molecule has 0 heterocycles. The Morgan fingerprint density at radius 1 is 0.941 bits per heavy atom. The largest absolute Gasteiger partial charge is 0.507 e. The van der Waals surface area contributed by atoms with Crippen LogP contribution < -0.4 is 5.32 Å². The minimum Gasteiger partial charge on any atom is -0.507 e. The summed E-state index contributed by atoms with van der Waals surface area (Å²) in [6.07, 6.45) is -1.38. The molecule has 34 heavy (non-hydrogen) atoms. The first kappa shape index (κ1) is 22.8. The van der Waals surface area contributed by atoms with Crippen LogP contribution in [0.5, 0.6) is 5.75 Å². The molecule has 0 saturated heterocycles. The van der Waals surface area contributed by atoms with Crippen molar-refractivity contribution < 1.29 is 24.4 Å². The molecule has 0 bridgehead atoms. The van der Waals surface area contributed by atoms with Crippen LogP contribution in [0.4, 0.5) is 11.4 Å². The van der Waals surface area contributed by atoms with Gasteiger partial charge >= 0.3 is 5.97 Å². The molecular weight excluding hydrogens is 460 g/mol. The fourth-order valence-electron chi connectivity index (χ4n) is 3.38. The number of esters is 1. The maximum absolute atomic E-state index is 13.1. The van der Waals surface area contributed by atoms with Crippen molar-refractivity contribution in [1.82, 2.24) is 0 Å². The van der Waals surface area contributed by atoms with E-state index in [-0.39, 0.29) is 27.7 Å². The first-order valence-corrected chi connectivity index (χ1v) is 10.4. The van der Waals surface area contributed by atoms with Crippen molar-refractivity contribution in [2.75, 3.05) is 5.32 Å². The zero-order valence-corrected chi connectivity index (χ0v) is 18.2. The van der Waals surface area contributed by atoms with E-state index in [2.05, 4.69) is 5.32 Å². The molecule has 1 atom stereocenters. The summed E-state index contributed by atoms with van der Waals surface area (Å²) in [4.78, 5) is 36.4. The van der Waals surface area contributed by atoms with Gasteiger partial charge in [-0.05, 0) is 29.0 Å². The van der Waals surface area contributed by atoms with Crippen molar-refractivity contribution in [3.63, 3.8) is 0 Å². The lowest BCUT2D eigenvalue weighted by Crippen LogP contribution is -2.26. The number of rotatable bonds is 6. The third-order valence-electron chi connectivity index (χ3n) is 5.07. The molecule has 0 unspecified atom stereocenters. The van der Waals surface area contributed by atoms with Gasteiger partial charge in [-0.15, -0.1) is 0 Å². The van der Waals surface area contributed by atoms with Crippen LogP contribution >= 0.6 is 11.6 Å². The molecule has 0 aliphatic rings. The van der Waals surface area contributed by atoms with Gasteiger partial charge in [-0.1, -0.05) is 66.2 Å². The van der Waals surface area contributed by atoms with Gasteiger partial charge in [-0.2, -0.15) is 0 Å². The highest BCUT2D eigenvalue weighted by Gasteiger charge is 2.28. The first-order valence-electron chi connectivity index (χ1n) is 10.1. The topological polar surface area (TPSA) is 119 Å². The minimum atomic E-state index is -1.38. The van der Waals surface area contributed by atoms with Crippen LogP contribution in [0.15, 0.2) is 84.9 Å². The van der Waals surface area contributed by atoms with E-state index in [1.807, 2.05) is 0 Å². The van der Waals surface area contributed by atoms with Crippen LogP contribution in [0.1, 0.15) is 22.0 Å². The Labute approximate surface area is 198 Å². The van der Waals surface area contributed by atoms with Crippen LogP contribution in [0.2, 0.25) is 5.02 Å². The zero-order chi connectivity index (χ0) is 24.2. The lowest BCUT2D eigenvalue weighted by Gasteiger charge is -2.19.